The van der Waals surface area contributed by atoms with Gasteiger partial charge in [0.2, 0.25) is 0 Å². The van der Waals surface area contributed by atoms with Gasteiger partial charge >= 0.3 is 12.0 Å². The Balaban J connectivity index is 2.84. The Bertz CT molecular complexity index is 540. The van der Waals surface area contributed by atoms with E-state index < -0.39 is 17.6 Å². The van der Waals surface area contributed by atoms with Crippen LogP contribution in [0.25, 0.3) is 0 Å². The van der Waals surface area contributed by atoms with Crippen LogP contribution in [-0.4, -0.2) is 45.8 Å². The molecule has 0 aromatic heterocycles. The molecule has 3 N–H and O–H groups in total. The van der Waals surface area contributed by atoms with Gasteiger partial charge in [-0.25, -0.2) is 9.59 Å². The van der Waals surface area contributed by atoms with Crippen molar-refractivity contribution in [2.24, 2.45) is 0 Å². The van der Waals surface area contributed by atoms with Crippen molar-refractivity contribution in [1.82, 2.24) is 4.90 Å². The van der Waals surface area contributed by atoms with E-state index in [9.17, 15) is 14.7 Å². The Morgan fingerprint density at radius 2 is 2.00 bits per heavy atom. The Kier molecular flexibility index (Phi) is 5.57. The smallest absolute Gasteiger partial charge is 0.335 e. The number of carboxylic acid groups (broad SMARTS) is 1. The average molecular weight is 315 g/mol. The second kappa shape index (κ2) is 6.78. The molecule has 1 aromatic carbocycles. The van der Waals surface area contributed by atoms with Crippen LogP contribution < -0.4 is 5.32 Å². The number of likely N-dealkylation sites (N-methyl/N-ethyl adjacent to an activating group) is 1. The van der Waals surface area contributed by atoms with Crippen LogP contribution in [0.2, 0.25) is 5.02 Å². The summed E-state index contributed by atoms with van der Waals surface area (Å²) in [5, 5.41) is 21.4. The molecule has 116 valence electrons. The number of rotatable bonds is 5. The summed E-state index contributed by atoms with van der Waals surface area (Å²) >= 11 is 5.95. The lowest BCUT2D eigenvalue weighted by atomic mass is 10.1. The van der Waals surface area contributed by atoms with Gasteiger partial charge in [0, 0.05) is 6.54 Å². The average Bonchev–Trinajstić information content (AvgIpc) is 2.36. The number of carbonyl (C=O) groups is 2. The largest absolute Gasteiger partial charge is 0.478 e. The zero-order valence-electron chi connectivity index (χ0n) is 12.2. The van der Waals surface area contributed by atoms with Crippen LogP contribution in [0.3, 0.4) is 0 Å². The van der Waals surface area contributed by atoms with E-state index in [1.54, 1.807) is 20.8 Å². The van der Waals surface area contributed by atoms with Gasteiger partial charge in [-0.05, 0) is 39.0 Å². The van der Waals surface area contributed by atoms with Crippen LogP contribution in [-0.2, 0) is 0 Å². The van der Waals surface area contributed by atoms with Crippen molar-refractivity contribution in [2.75, 3.05) is 18.4 Å². The van der Waals surface area contributed by atoms with E-state index >= 15 is 0 Å². The number of hydrogen-bond acceptors (Lipinski definition) is 3. The summed E-state index contributed by atoms with van der Waals surface area (Å²) in [6.07, 6.45) is 0. The number of aromatic carboxylic acids is 1. The molecule has 0 radical (unpaired) electrons. The molecule has 0 aliphatic carbocycles. The summed E-state index contributed by atoms with van der Waals surface area (Å²) in [6.45, 7) is 5.59. The van der Waals surface area contributed by atoms with Crippen molar-refractivity contribution in [3.63, 3.8) is 0 Å². The number of nitrogens with zero attached hydrogens (tertiary/aromatic N) is 1. The molecule has 21 heavy (non-hydrogen) atoms. The molecule has 0 saturated heterocycles. The van der Waals surface area contributed by atoms with Gasteiger partial charge in [-0.1, -0.05) is 11.6 Å². The number of halogens is 1. The van der Waals surface area contributed by atoms with Crippen molar-refractivity contribution in [1.29, 1.82) is 0 Å². The van der Waals surface area contributed by atoms with Crippen LogP contribution in [0, 0.1) is 0 Å². The molecule has 0 heterocycles. The molecule has 0 aliphatic heterocycles. The van der Waals surface area contributed by atoms with Crippen LogP contribution in [0.5, 0.6) is 0 Å². The Labute approximate surface area is 128 Å². The van der Waals surface area contributed by atoms with Crippen molar-refractivity contribution in [3.05, 3.63) is 28.8 Å². The van der Waals surface area contributed by atoms with E-state index in [0.717, 1.165) is 0 Å². The monoisotopic (exact) mass is 314 g/mol. The number of aliphatic hydroxyl groups is 1. The van der Waals surface area contributed by atoms with E-state index in [1.165, 1.54) is 23.1 Å². The Hall–Kier alpha value is -1.79. The molecule has 0 spiro atoms. The zero-order valence-corrected chi connectivity index (χ0v) is 12.9. The molecule has 6 nitrogen and oxygen atoms in total. The van der Waals surface area contributed by atoms with E-state index in [1.807, 2.05) is 0 Å². The van der Waals surface area contributed by atoms with E-state index in [-0.39, 0.29) is 17.1 Å². The maximum atomic E-state index is 12.1. The molecular formula is C14H19ClN2O4. The van der Waals surface area contributed by atoms with E-state index in [2.05, 4.69) is 5.32 Å². The zero-order chi connectivity index (χ0) is 16.2. The lowest BCUT2D eigenvalue weighted by molar-refractivity contribution is 0.0501. The van der Waals surface area contributed by atoms with Crippen LogP contribution in [0.15, 0.2) is 18.2 Å². The van der Waals surface area contributed by atoms with Crippen LogP contribution in [0.1, 0.15) is 31.1 Å². The molecule has 0 bridgehead atoms. The van der Waals surface area contributed by atoms with Crippen molar-refractivity contribution >= 4 is 29.3 Å². The number of nitrogens with one attached hydrogen (secondary N) is 1. The molecule has 2 amide bonds. The highest BCUT2D eigenvalue weighted by Crippen LogP contribution is 2.23. The van der Waals surface area contributed by atoms with Crippen molar-refractivity contribution < 1.29 is 19.8 Å². The standard InChI is InChI=1S/C14H19ClN2O4/c1-4-17(8-14(2,3)21)13(20)16-11-6-5-9(12(18)19)7-10(11)15/h5-7,21H,4,8H2,1-3H3,(H,16,20)(H,18,19). The highest BCUT2D eigenvalue weighted by Gasteiger charge is 2.21. The van der Waals surface area contributed by atoms with Crippen LogP contribution in [0.4, 0.5) is 10.5 Å². The first-order valence-electron chi connectivity index (χ1n) is 6.45. The fourth-order valence-electron chi connectivity index (χ4n) is 1.74. The summed E-state index contributed by atoms with van der Waals surface area (Å²) in [5.74, 6) is -1.09. The maximum absolute atomic E-state index is 12.1. The Morgan fingerprint density at radius 1 is 1.38 bits per heavy atom. The minimum atomic E-state index is -1.09. The van der Waals surface area contributed by atoms with Gasteiger partial charge in [-0.2, -0.15) is 0 Å². The second-order valence-electron chi connectivity index (χ2n) is 5.26. The minimum Gasteiger partial charge on any atom is -0.478 e. The molecule has 0 aliphatic rings. The Morgan fingerprint density at radius 3 is 2.43 bits per heavy atom. The molecule has 1 aromatic rings. The van der Waals surface area contributed by atoms with Gasteiger partial charge < -0.3 is 20.4 Å². The SMILES string of the molecule is CCN(CC(C)(C)O)C(=O)Nc1ccc(C(=O)O)cc1Cl. The van der Waals surface area contributed by atoms with Gasteiger partial charge in [-0.15, -0.1) is 0 Å². The second-order valence-corrected chi connectivity index (χ2v) is 5.66. The summed E-state index contributed by atoms with van der Waals surface area (Å²) in [6, 6.07) is 3.65. The van der Waals surface area contributed by atoms with Gasteiger partial charge in [0.15, 0.2) is 0 Å². The maximum Gasteiger partial charge on any atom is 0.335 e. The first-order chi connectivity index (χ1) is 9.64. The highest BCUT2D eigenvalue weighted by molar-refractivity contribution is 6.34. The molecule has 0 atom stereocenters. The molecule has 0 saturated carbocycles. The van der Waals surface area contributed by atoms with E-state index in [4.69, 9.17) is 16.7 Å². The van der Waals surface area contributed by atoms with E-state index in [0.29, 0.717) is 12.2 Å². The summed E-state index contributed by atoms with van der Waals surface area (Å²) < 4.78 is 0. The van der Waals surface area contributed by atoms with Crippen LogP contribution >= 0.6 is 11.6 Å². The summed E-state index contributed by atoms with van der Waals surface area (Å²) in [4.78, 5) is 24.4. The first-order valence-corrected chi connectivity index (χ1v) is 6.83. The van der Waals surface area contributed by atoms with Gasteiger partial charge in [0.1, 0.15) is 0 Å². The summed E-state index contributed by atoms with van der Waals surface area (Å²) in [7, 11) is 0. The minimum absolute atomic E-state index is 0.0434. The number of hydrogen-bond donors (Lipinski definition) is 3. The molecule has 0 unspecified atom stereocenters. The highest BCUT2D eigenvalue weighted by atomic mass is 35.5. The first kappa shape index (κ1) is 17.3. The third-order valence-electron chi connectivity index (χ3n) is 2.70. The topological polar surface area (TPSA) is 89.9 Å². The molecule has 1 rings (SSSR count). The van der Waals surface area contributed by atoms with Crippen molar-refractivity contribution in [2.45, 2.75) is 26.4 Å². The third-order valence-corrected chi connectivity index (χ3v) is 3.02. The number of carbonyl (C=O) groups excluding carboxylic acids is 1. The number of amides is 2. The van der Waals surface area contributed by atoms with Gasteiger partial charge in [-0.3, -0.25) is 0 Å². The number of benzene rings is 1. The fourth-order valence-corrected chi connectivity index (χ4v) is 1.97. The normalized spacial score (nSPS) is 11.1. The lowest BCUT2D eigenvalue weighted by Gasteiger charge is -2.28. The lowest BCUT2D eigenvalue weighted by Crippen LogP contribution is -2.44. The fraction of sp³-hybridized carbons (Fsp3) is 0.429. The third kappa shape index (κ3) is 5.24. The van der Waals surface area contributed by atoms with Gasteiger partial charge in [0.25, 0.3) is 0 Å². The number of carboxylic acids is 1. The predicted molar refractivity (Wildman–Crippen MR) is 81.0 cm³/mol. The molecular weight excluding hydrogens is 296 g/mol. The quantitative estimate of drug-likeness (QED) is 0.779. The molecule has 7 heteroatoms. The predicted octanol–water partition coefficient (Wildman–Crippen LogP) is 2.66. The summed E-state index contributed by atoms with van der Waals surface area (Å²) in [5.41, 5.74) is -0.646. The number of anilines is 1. The van der Waals surface area contributed by atoms with Gasteiger partial charge in [0.05, 0.1) is 28.4 Å². The van der Waals surface area contributed by atoms with Crippen molar-refractivity contribution in [3.8, 4) is 0 Å². The molecule has 0 fully saturated rings. The number of urea groups is 1.